The molecule has 0 bridgehead atoms. The van der Waals surface area contributed by atoms with E-state index in [1.165, 1.54) is 36.1 Å². The molecule has 0 unspecified atom stereocenters. The lowest BCUT2D eigenvalue weighted by Gasteiger charge is -2.12. The maximum Gasteiger partial charge on any atom is 0.175 e. The van der Waals surface area contributed by atoms with Crippen LogP contribution in [0.4, 0.5) is 4.39 Å². The zero-order valence-corrected chi connectivity index (χ0v) is 17.3. The van der Waals surface area contributed by atoms with E-state index in [1.54, 1.807) is 35.6 Å². The highest BCUT2D eigenvalue weighted by Gasteiger charge is 2.18. The van der Waals surface area contributed by atoms with Gasteiger partial charge in [-0.15, -0.1) is 11.3 Å². The number of nitrogens with zero attached hydrogens (tertiary/aromatic N) is 1. The third-order valence-electron chi connectivity index (χ3n) is 5.06. The molecule has 2 heterocycles. The van der Waals surface area contributed by atoms with Crippen molar-refractivity contribution in [3.05, 3.63) is 65.3 Å². The van der Waals surface area contributed by atoms with Gasteiger partial charge in [0, 0.05) is 28.1 Å². The Morgan fingerprint density at radius 1 is 0.964 bits per heavy atom. The van der Waals surface area contributed by atoms with Crippen molar-refractivity contribution in [1.29, 1.82) is 0 Å². The van der Waals surface area contributed by atoms with Crippen molar-refractivity contribution >= 4 is 21.2 Å². The lowest BCUT2D eigenvalue weighted by Crippen LogP contribution is -2.17. The molecule has 4 rings (SSSR count). The molecule has 0 atom stereocenters. The summed E-state index contributed by atoms with van der Waals surface area (Å²) >= 11 is 1.73. The van der Waals surface area contributed by atoms with Crippen LogP contribution in [0.3, 0.4) is 0 Å². The molecule has 3 aromatic rings. The van der Waals surface area contributed by atoms with Crippen LogP contribution in [0.15, 0.2) is 59.5 Å². The lowest BCUT2D eigenvalue weighted by atomic mass is 10.0. The van der Waals surface area contributed by atoms with E-state index in [0.29, 0.717) is 4.90 Å². The quantitative estimate of drug-likeness (QED) is 0.573. The van der Waals surface area contributed by atoms with Crippen LogP contribution in [-0.2, 0) is 16.4 Å². The molecule has 1 aliphatic heterocycles. The molecule has 1 fully saturated rings. The second kappa shape index (κ2) is 7.78. The SMILES string of the molecule is CS(=O)(=O)c1ccc(-c2cc(CN3CCCC3)sc2-c2ccc(F)cc2)cc1. The Kier molecular flexibility index (Phi) is 5.36. The molecule has 1 aromatic heterocycles. The van der Waals surface area contributed by atoms with Crippen LogP contribution in [0.1, 0.15) is 17.7 Å². The molecule has 6 heteroatoms. The van der Waals surface area contributed by atoms with Crippen molar-refractivity contribution in [3.63, 3.8) is 0 Å². The molecule has 0 N–H and O–H groups in total. The Balaban J connectivity index is 1.75. The van der Waals surface area contributed by atoms with Gasteiger partial charge in [0.05, 0.1) is 4.90 Å². The Morgan fingerprint density at radius 3 is 2.18 bits per heavy atom. The standard InChI is InChI=1S/C22H22FNO2S2/c1-28(25,26)20-10-6-16(7-11-20)21-14-19(15-24-12-2-3-13-24)27-22(21)17-4-8-18(23)9-5-17/h4-11,14H,2-3,12-13,15H2,1H3. The number of likely N-dealkylation sites (tertiary alicyclic amines) is 1. The third kappa shape index (κ3) is 4.19. The number of sulfone groups is 1. The number of halogens is 1. The average molecular weight is 416 g/mol. The van der Waals surface area contributed by atoms with Crippen molar-refractivity contribution in [1.82, 2.24) is 4.90 Å². The van der Waals surface area contributed by atoms with Gasteiger partial charge in [-0.05, 0) is 67.4 Å². The summed E-state index contributed by atoms with van der Waals surface area (Å²) in [5, 5.41) is 0. The van der Waals surface area contributed by atoms with Crippen LogP contribution >= 0.6 is 11.3 Å². The van der Waals surface area contributed by atoms with Crippen molar-refractivity contribution in [2.24, 2.45) is 0 Å². The topological polar surface area (TPSA) is 37.4 Å². The minimum Gasteiger partial charge on any atom is -0.298 e. The van der Waals surface area contributed by atoms with Gasteiger partial charge < -0.3 is 0 Å². The molecule has 1 saturated heterocycles. The van der Waals surface area contributed by atoms with Crippen LogP contribution < -0.4 is 0 Å². The summed E-state index contributed by atoms with van der Waals surface area (Å²) in [6, 6.07) is 15.8. The van der Waals surface area contributed by atoms with Gasteiger partial charge in [0.2, 0.25) is 0 Å². The monoisotopic (exact) mass is 415 g/mol. The number of benzene rings is 2. The van der Waals surface area contributed by atoms with Crippen LogP contribution in [-0.4, -0.2) is 32.7 Å². The van der Waals surface area contributed by atoms with E-state index in [2.05, 4.69) is 11.0 Å². The van der Waals surface area contributed by atoms with Crippen LogP contribution in [0.5, 0.6) is 0 Å². The van der Waals surface area contributed by atoms with Crippen LogP contribution in [0.2, 0.25) is 0 Å². The zero-order chi connectivity index (χ0) is 19.7. The highest BCUT2D eigenvalue weighted by Crippen LogP contribution is 2.40. The maximum atomic E-state index is 13.4. The summed E-state index contributed by atoms with van der Waals surface area (Å²) in [6.07, 6.45) is 3.71. The zero-order valence-electron chi connectivity index (χ0n) is 15.7. The minimum atomic E-state index is -3.23. The Labute approximate surface area is 169 Å². The first-order valence-corrected chi connectivity index (χ1v) is 12.0. The van der Waals surface area contributed by atoms with E-state index in [0.717, 1.165) is 41.2 Å². The van der Waals surface area contributed by atoms with Gasteiger partial charge in [0.1, 0.15) is 5.82 Å². The van der Waals surface area contributed by atoms with Crippen molar-refractivity contribution < 1.29 is 12.8 Å². The lowest BCUT2D eigenvalue weighted by molar-refractivity contribution is 0.334. The molecule has 0 aliphatic carbocycles. The van der Waals surface area contributed by atoms with Gasteiger partial charge in [-0.2, -0.15) is 0 Å². The predicted molar refractivity (Wildman–Crippen MR) is 113 cm³/mol. The first-order valence-electron chi connectivity index (χ1n) is 9.32. The molecule has 0 spiro atoms. The first-order chi connectivity index (χ1) is 13.4. The first kappa shape index (κ1) is 19.3. The van der Waals surface area contributed by atoms with E-state index in [1.807, 2.05) is 12.1 Å². The van der Waals surface area contributed by atoms with E-state index in [-0.39, 0.29) is 5.82 Å². The van der Waals surface area contributed by atoms with Gasteiger partial charge in [-0.3, -0.25) is 4.90 Å². The highest BCUT2D eigenvalue weighted by atomic mass is 32.2. The van der Waals surface area contributed by atoms with E-state index in [4.69, 9.17) is 0 Å². The third-order valence-corrected chi connectivity index (χ3v) is 7.36. The summed E-state index contributed by atoms with van der Waals surface area (Å²) in [7, 11) is -3.23. The summed E-state index contributed by atoms with van der Waals surface area (Å²) in [5.74, 6) is -0.253. The second-order valence-electron chi connectivity index (χ2n) is 7.24. The molecular formula is C22H22FNO2S2. The van der Waals surface area contributed by atoms with Crippen molar-refractivity contribution in [3.8, 4) is 21.6 Å². The van der Waals surface area contributed by atoms with Gasteiger partial charge in [0.15, 0.2) is 9.84 Å². The largest absolute Gasteiger partial charge is 0.298 e. The van der Waals surface area contributed by atoms with Crippen molar-refractivity contribution in [2.45, 2.75) is 24.3 Å². The number of thiophene rings is 1. The fourth-order valence-electron chi connectivity index (χ4n) is 3.59. The Morgan fingerprint density at radius 2 is 1.57 bits per heavy atom. The van der Waals surface area contributed by atoms with E-state index in [9.17, 15) is 12.8 Å². The molecule has 1 aliphatic rings. The molecule has 0 amide bonds. The fraction of sp³-hybridized carbons (Fsp3) is 0.273. The van der Waals surface area contributed by atoms with E-state index >= 15 is 0 Å². The molecule has 28 heavy (non-hydrogen) atoms. The van der Waals surface area contributed by atoms with Crippen molar-refractivity contribution in [2.75, 3.05) is 19.3 Å². The summed E-state index contributed by atoms with van der Waals surface area (Å²) < 4.78 is 36.9. The molecule has 0 radical (unpaired) electrons. The van der Waals surface area contributed by atoms with Crippen LogP contribution in [0, 0.1) is 5.82 Å². The van der Waals surface area contributed by atoms with Gasteiger partial charge >= 0.3 is 0 Å². The molecule has 3 nitrogen and oxygen atoms in total. The molecular weight excluding hydrogens is 393 g/mol. The normalized spacial score (nSPS) is 15.2. The predicted octanol–water partition coefficient (Wildman–Crippen LogP) is 5.22. The van der Waals surface area contributed by atoms with Gasteiger partial charge in [-0.1, -0.05) is 24.3 Å². The molecule has 0 saturated carbocycles. The van der Waals surface area contributed by atoms with E-state index < -0.39 is 9.84 Å². The second-order valence-corrected chi connectivity index (χ2v) is 10.4. The fourth-order valence-corrected chi connectivity index (χ4v) is 5.45. The van der Waals surface area contributed by atoms with Gasteiger partial charge in [0.25, 0.3) is 0 Å². The smallest absolute Gasteiger partial charge is 0.175 e. The summed E-state index contributed by atoms with van der Waals surface area (Å²) in [6.45, 7) is 3.17. The Bertz CT molecular complexity index is 1060. The summed E-state index contributed by atoms with van der Waals surface area (Å²) in [4.78, 5) is 5.12. The molecule has 146 valence electrons. The molecule has 2 aromatic carbocycles. The number of hydrogen-bond acceptors (Lipinski definition) is 4. The Hall–Kier alpha value is -2.02. The van der Waals surface area contributed by atoms with Gasteiger partial charge in [-0.25, -0.2) is 12.8 Å². The maximum absolute atomic E-state index is 13.4. The summed E-state index contributed by atoms with van der Waals surface area (Å²) in [5.41, 5.74) is 3.00. The number of rotatable bonds is 5. The van der Waals surface area contributed by atoms with Crippen LogP contribution in [0.25, 0.3) is 21.6 Å². The minimum absolute atomic E-state index is 0.253. The average Bonchev–Trinajstić information content (AvgIpc) is 3.32. The number of hydrogen-bond donors (Lipinski definition) is 0. The highest BCUT2D eigenvalue weighted by molar-refractivity contribution is 7.90.